The Morgan fingerprint density at radius 3 is 2.73 bits per heavy atom. The molecule has 1 saturated heterocycles. The molecule has 2 unspecified atom stereocenters. The molecule has 2 saturated carbocycles. The van der Waals surface area contributed by atoms with E-state index in [0.717, 1.165) is 34.8 Å². The van der Waals surface area contributed by atoms with Crippen LogP contribution in [-0.4, -0.2) is 36.8 Å². The first-order chi connectivity index (χ1) is 12.8. The molecular formula is C20H27N5S. The summed E-state index contributed by atoms with van der Waals surface area (Å²) in [5.74, 6) is 1.87. The molecule has 5 nitrogen and oxygen atoms in total. The third-order valence-corrected chi connectivity index (χ3v) is 6.78. The van der Waals surface area contributed by atoms with E-state index in [-0.39, 0.29) is 0 Å². The molecule has 0 bridgehead atoms. The molecule has 1 aliphatic heterocycles. The van der Waals surface area contributed by atoms with Crippen molar-refractivity contribution in [1.82, 2.24) is 24.2 Å². The highest BCUT2D eigenvalue weighted by Crippen LogP contribution is 2.39. The molecule has 0 aromatic carbocycles. The van der Waals surface area contributed by atoms with Crippen LogP contribution in [0.25, 0.3) is 11.4 Å². The summed E-state index contributed by atoms with van der Waals surface area (Å²) in [5.41, 5.74) is 1.07. The van der Waals surface area contributed by atoms with Gasteiger partial charge in [0.1, 0.15) is 0 Å². The number of hydrogen-bond acceptors (Lipinski definition) is 4. The van der Waals surface area contributed by atoms with E-state index in [1.807, 2.05) is 18.5 Å². The van der Waals surface area contributed by atoms with Crippen molar-refractivity contribution in [1.29, 1.82) is 0 Å². The van der Waals surface area contributed by atoms with E-state index in [9.17, 15) is 0 Å². The molecule has 2 atom stereocenters. The monoisotopic (exact) mass is 369 g/mol. The van der Waals surface area contributed by atoms with Gasteiger partial charge in [0.25, 0.3) is 0 Å². The van der Waals surface area contributed by atoms with Gasteiger partial charge < -0.3 is 0 Å². The molecule has 2 aliphatic carbocycles. The van der Waals surface area contributed by atoms with Crippen LogP contribution in [0.15, 0.2) is 24.5 Å². The zero-order valence-corrected chi connectivity index (χ0v) is 16.1. The van der Waals surface area contributed by atoms with Crippen molar-refractivity contribution in [2.45, 2.75) is 70.1 Å². The number of likely N-dealkylation sites (tertiary alicyclic amines) is 1. The van der Waals surface area contributed by atoms with Crippen molar-refractivity contribution in [2.24, 2.45) is 5.92 Å². The average molecular weight is 370 g/mol. The second kappa shape index (κ2) is 6.89. The Morgan fingerprint density at radius 1 is 1.08 bits per heavy atom. The maximum Gasteiger partial charge on any atom is 0.199 e. The Bertz CT molecular complexity index is 820. The van der Waals surface area contributed by atoms with Crippen LogP contribution >= 0.6 is 12.2 Å². The second-order valence-electron chi connectivity index (χ2n) is 8.16. The molecular weight excluding hydrogens is 342 g/mol. The molecule has 2 aromatic rings. The highest BCUT2D eigenvalue weighted by atomic mass is 32.1. The van der Waals surface area contributed by atoms with E-state index < -0.39 is 0 Å². The minimum absolute atomic E-state index is 0.523. The van der Waals surface area contributed by atoms with Crippen LogP contribution in [0, 0.1) is 10.7 Å². The summed E-state index contributed by atoms with van der Waals surface area (Å²) in [6, 6.07) is 5.32. The molecule has 3 heterocycles. The van der Waals surface area contributed by atoms with Crippen molar-refractivity contribution < 1.29 is 0 Å². The Balaban J connectivity index is 1.47. The van der Waals surface area contributed by atoms with Gasteiger partial charge in [-0.25, -0.2) is 4.68 Å². The zero-order valence-electron chi connectivity index (χ0n) is 15.3. The number of nitrogens with zero attached hydrogens (tertiary/aromatic N) is 5. The maximum atomic E-state index is 5.86. The molecule has 0 radical (unpaired) electrons. The molecule has 138 valence electrons. The third-order valence-electron chi connectivity index (χ3n) is 6.38. The standard InChI is InChI=1S/C20H27N5S/c26-20-24(14-23-12-4-7-15-5-1-2-8-18(15)23)22-19(25(20)17-9-10-17)16-6-3-11-21-13-16/h3,6,11,13,15,17-18H,1-2,4-5,7-10,12,14H2. The van der Waals surface area contributed by atoms with E-state index in [4.69, 9.17) is 17.3 Å². The molecule has 2 aromatic heterocycles. The van der Waals surface area contributed by atoms with Gasteiger partial charge in [0.15, 0.2) is 10.6 Å². The largest absolute Gasteiger partial charge is 0.297 e. The number of rotatable bonds is 4. The number of fused-ring (bicyclic) bond motifs is 1. The van der Waals surface area contributed by atoms with Gasteiger partial charge in [0.05, 0.1) is 6.67 Å². The topological polar surface area (TPSA) is 38.9 Å². The number of hydrogen-bond donors (Lipinski definition) is 0. The number of pyridine rings is 1. The van der Waals surface area contributed by atoms with Crippen molar-refractivity contribution in [2.75, 3.05) is 6.54 Å². The molecule has 6 heteroatoms. The summed E-state index contributed by atoms with van der Waals surface area (Å²) in [7, 11) is 0. The van der Waals surface area contributed by atoms with E-state index in [1.165, 1.54) is 57.9 Å². The lowest BCUT2D eigenvalue weighted by Crippen LogP contribution is -2.47. The molecule has 0 spiro atoms. The lowest BCUT2D eigenvalue weighted by molar-refractivity contribution is 0.0323. The number of aromatic nitrogens is 4. The van der Waals surface area contributed by atoms with Crippen molar-refractivity contribution >= 4 is 12.2 Å². The second-order valence-corrected chi connectivity index (χ2v) is 8.52. The van der Waals surface area contributed by atoms with Crippen LogP contribution in [-0.2, 0) is 6.67 Å². The van der Waals surface area contributed by atoms with E-state index in [0.29, 0.717) is 6.04 Å². The first-order valence-electron chi connectivity index (χ1n) is 10.1. The predicted molar refractivity (Wildman–Crippen MR) is 104 cm³/mol. The molecule has 0 amide bonds. The van der Waals surface area contributed by atoms with Crippen LogP contribution in [0.5, 0.6) is 0 Å². The summed E-state index contributed by atoms with van der Waals surface area (Å²) >= 11 is 5.86. The highest BCUT2D eigenvalue weighted by molar-refractivity contribution is 7.71. The summed E-state index contributed by atoms with van der Waals surface area (Å²) in [4.78, 5) is 6.94. The fourth-order valence-corrected chi connectivity index (χ4v) is 5.28. The predicted octanol–water partition coefficient (Wildman–Crippen LogP) is 4.42. The summed E-state index contributed by atoms with van der Waals surface area (Å²) < 4.78 is 5.23. The Kier molecular flexibility index (Phi) is 4.41. The highest BCUT2D eigenvalue weighted by Gasteiger charge is 2.34. The smallest absolute Gasteiger partial charge is 0.199 e. The van der Waals surface area contributed by atoms with Crippen LogP contribution in [0.3, 0.4) is 0 Å². The quantitative estimate of drug-likeness (QED) is 0.748. The van der Waals surface area contributed by atoms with Gasteiger partial charge in [-0.2, -0.15) is 5.10 Å². The van der Waals surface area contributed by atoms with Crippen LogP contribution in [0.4, 0.5) is 0 Å². The lowest BCUT2D eigenvalue weighted by atomic mass is 9.78. The van der Waals surface area contributed by atoms with Gasteiger partial charge >= 0.3 is 0 Å². The van der Waals surface area contributed by atoms with Gasteiger partial charge in [-0.3, -0.25) is 14.5 Å². The van der Waals surface area contributed by atoms with Gasteiger partial charge in [-0.05, 0) is 68.8 Å². The fourth-order valence-electron chi connectivity index (χ4n) is 4.94. The summed E-state index contributed by atoms with van der Waals surface area (Å²) in [6.45, 7) is 2.02. The van der Waals surface area contributed by atoms with Gasteiger partial charge in [-0.1, -0.05) is 12.8 Å². The van der Waals surface area contributed by atoms with Crippen molar-refractivity contribution in [3.05, 3.63) is 29.3 Å². The first-order valence-corrected chi connectivity index (χ1v) is 10.6. The van der Waals surface area contributed by atoms with Crippen molar-refractivity contribution in [3.63, 3.8) is 0 Å². The van der Waals surface area contributed by atoms with Crippen LogP contribution < -0.4 is 0 Å². The SMILES string of the molecule is S=c1n(CN2CCCC3CCCCC32)nc(-c2cccnc2)n1C1CC1. The van der Waals surface area contributed by atoms with Crippen molar-refractivity contribution in [3.8, 4) is 11.4 Å². The van der Waals surface area contributed by atoms with Gasteiger partial charge in [-0.15, -0.1) is 0 Å². The fraction of sp³-hybridized carbons (Fsp3) is 0.650. The average Bonchev–Trinajstić information content (AvgIpc) is 3.47. The lowest BCUT2D eigenvalue weighted by Gasteiger charge is -2.43. The zero-order chi connectivity index (χ0) is 17.5. The van der Waals surface area contributed by atoms with Gasteiger partial charge in [0, 0.05) is 36.6 Å². The van der Waals surface area contributed by atoms with Crippen LogP contribution in [0.2, 0.25) is 0 Å². The van der Waals surface area contributed by atoms with E-state index in [1.54, 1.807) is 0 Å². The molecule has 3 fully saturated rings. The number of piperidine rings is 1. The van der Waals surface area contributed by atoms with E-state index in [2.05, 4.69) is 25.2 Å². The summed E-state index contributed by atoms with van der Waals surface area (Å²) in [5, 5.41) is 4.97. The summed E-state index contributed by atoms with van der Waals surface area (Å²) in [6.07, 6.45) is 14.4. The molecule has 5 rings (SSSR count). The van der Waals surface area contributed by atoms with Crippen LogP contribution in [0.1, 0.15) is 57.4 Å². The van der Waals surface area contributed by atoms with E-state index >= 15 is 0 Å². The van der Waals surface area contributed by atoms with Gasteiger partial charge in [0.2, 0.25) is 0 Å². The minimum Gasteiger partial charge on any atom is -0.297 e. The normalized spacial score (nSPS) is 26.6. The maximum absolute atomic E-state index is 5.86. The Hall–Kier alpha value is -1.53. The Morgan fingerprint density at radius 2 is 1.92 bits per heavy atom. The molecule has 0 N–H and O–H groups in total. The molecule has 26 heavy (non-hydrogen) atoms. The Labute approximate surface area is 160 Å². The third kappa shape index (κ3) is 3.03. The first kappa shape index (κ1) is 16.6. The molecule has 3 aliphatic rings. The minimum atomic E-state index is 0.523.